The molecule has 2 fully saturated rings. The highest BCUT2D eigenvalue weighted by molar-refractivity contribution is 5.92. The summed E-state index contributed by atoms with van der Waals surface area (Å²) in [6, 6.07) is 9.86. The van der Waals surface area contributed by atoms with Crippen LogP contribution in [0.4, 0.5) is 18.9 Å². The highest BCUT2D eigenvalue weighted by Crippen LogP contribution is 2.28. The van der Waals surface area contributed by atoms with Crippen molar-refractivity contribution >= 4 is 11.6 Å². The lowest BCUT2D eigenvalue weighted by Gasteiger charge is -2.26. The van der Waals surface area contributed by atoms with Crippen LogP contribution in [0.15, 0.2) is 42.6 Å². The van der Waals surface area contributed by atoms with E-state index in [4.69, 9.17) is 4.74 Å². The Balaban J connectivity index is 1.38. The number of rotatable bonds is 5. The van der Waals surface area contributed by atoms with Gasteiger partial charge in [-0.1, -0.05) is 0 Å². The van der Waals surface area contributed by atoms with Crippen molar-refractivity contribution < 1.29 is 27.4 Å². The van der Waals surface area contributed by atoms with Crippen molar-refractivity contribution in [1.29, 1.82) is 0 Å². The molecular weight excluding hydrogens is 425 g/mol. The van der Waals surface area contributed by atoms with Crippen LogP contribution in [0.25, 0.3) is 0 Å². The molecule has 3 heterocycles. The van der Waals surface area contributed by atoms with Crippen molar-refractivity contribution in [2.24, 2.45) is 0 Å². The van der Waals surface area contributed by atoms with Gasteiger partial charge >= 0.3 is 6.36 Å². The summed E-state index contributed by atoms with van der Waals surface area (Å²) in [5.74, 6) is -0.327. The fraction of sp³-hybridized carbons (Fsp3) is 0.455. The second-order valence-corrected chi connectivity index (χ2v) is 7.96. The van der Waals surface area contributed by atoms with Crippen molar-refractivity contribution in [3.8, 4) is 5.75 Å². The molecule has 0 radical (unpaired) electrons. The number of benzene rings is 1. The fourth-order valence-electron chi connectivity index (χ4n) is 3.95. The van der Waals surface area contributed by atoms with Gasteiger partial charge in [-0.25, -0.2) is 0 Å². The Hall–Kier alpha value is -2.85. The van der Waals surface area contributed by atoms with Gasteiger partial charge in [-0.15, -0.1) is 13.2 Å². The molecule has 0 N–H and O–H groups in total. The number of morpholine rings is 1. The Morgan fingerprint density at radius 1 is 1.19 bits per heavy atom. The third kappa shape index (κ3) is 5.49. The average molecular weight is 450 g/mol. The minimum Gasteiger partial charge on any atom is -0.406 e. The number of pyridine rings is 1. The summed E-state index contributed by atoms with van der Waals surface area (Å²) in [7, 11) is 0. The number of amides is 1. The van der Waals surface area contributed by atoms with Gasteiger partial charge in [0.2, 0.25) is 0 Å². The van der Waals surface area contributed by atoms with Crippen LogP contribution >= 0.6 is 0 Å². The highest BCUT2D eigenvalue weighted by atomic mass is 19.4. The van der Waals surface area contributed by atoms with Crippen molar-refractivity contribution in [2.75, 3.05) is 44.4 Å². The van der Waals surface area contributed by atoms with Gasteiger partial charge in [0.25, 0.3) is 5.91 Å². The first kappa shape index (κ1) is 22.3. The van der Waals surface area contributed by atoms with Crippen molar-refractivity contribution in [1.82, 2.24) is 14.8 Å². The quantitative estimate of drug-likeness (QED) is 0.698. The number of carbonyl (C=O) groups excluding carboxylic acids is 1. The predicted molar refractivity (Wildman–Crippen MR) is 111 cm³/mol. The van der Waals surface area contributed by atoms with Crippen LogP contribution in [-0.4, -0.2) is 72.6 Å². The molecule has 1 aromatic carbocycles. The summed E-state index contributed by atoms with van der Waals surface area (Å²) in [5, 5.41) is 0. The van der Waals surface area contributed by atoms with Crippen molar-refractivity contribution in [3.05, 3.63) is 53.9 Å². The number of anilines is 1. The lowest BCUT2D eigenvalue weighted by atomic mass is 10.2. The van der Waals surface area contributed by atoms with E-state index in [2.05, 4.69) is 26.4 Å². The molecule has 2 aliphatic rings. The third-order valence-corrected chi connectivity index (χ3v) is 5.62. The van der Waals surface area contributed by atoms with Gasteiger partial charge in [-0.3, -0.25) is 14.7 Å². The Bertz CT molecular complexity index is 933. The lowest BCUT2D eigenvalue weighted by Crippen LogP contribution is -2.41. The van der Waals surface area contributed by atoms with E-state index >= 15 is 0 Å². The van der Waals surface area contributed by atoms with E-state index in [-0.39, 0.29) is 17.7 Å². The molecule has 0 saturated carbocycles. The molecule has 32 heavy (non-hydrogen) atoms. The van der Waals surface area contributed by atoms with Crippen LogP contribution in [0, 0.1) is 0 Å². The Morgan fingerprint density at radius 2 is 1.91 bits per heavy atom. The SMILES string of the molecule is CC1CN(c2ccc(OC(F)(F)F)cc2)CN1Cc1ccnc(C(=O)N2CCOCC2)c1. The van der Waals surface area contributed by atoms with Crippen LogP contribution in [-0.2, 0) is 11.3 Å². The van der Waals surface area contributed by atoms with E-state index < -0.39 is 6.36 Å². The van der Waals surface area contributed by atoms with Gasteiger partial charge < -0.3 is 19.3 Å². The molecule has 2 aromatic rings. The molecule has 1 aromatic heterocycles. The number of hydrogen-bond donors (Lipinski definition) is 0. The normalized spacial score (nSPS) is 19.9. The van der Waals surface area contributed by atoms with E-state index in [0.717, 1.165) is 17.8 Å². The summed E-state index contributed by atoms with van der Waals surface area (Å²) in [5.41, 5.74) is 2.24. The molecule has 172 valence electrons. The largest absolute Gasteiger partial charge is 0.573 e. The van der Waals surface area contributed by atoms with E-state index in [0.29, 0.717) is 45.2 Å². The second kappa shape index (κ2) is 9.33. The maximum atomic E-state index is 12.7. The summed E-state index contributed by atoms with van der Waals surface area (Å²) in [6.07, 6.45) is -3.05. The summed E-state index contributed by atoms with van der Waals surface area (Å²) in [4.78, 5) is 23.1. The summed E-state index contributed by atoms with van der Waals surface area (Å²) < 4.78 is 46.3. The zero-order valence-corrected chi connectivity index (χ0v) is 17.7. The number of alkyl halides is 3. The van der Waals surface area contributed by atoms with E-state index in [9.17, 15) is 18.0 Å². The van der Waals surface area contributed by atoms with Gasteiger partial charge in [0, 0.05) is 44.1 Å². The van der Waals surface area contributed by atoms with E-state index in [1.165, 1.54) is 12.1 Å². The molecule has 10 heteroatoms. The first-order chi connectivity index (χ1) is 15.3. The molecular formula is C22H25F3N4O3. The topological polar surface area (TPSA) is 58.1 Å². The molecule has 4 rings (SSSR count). The number of hydrogen-bond acceptors (Lipinski definition) is 6. The maximum absolute atomic E-state index is 12.7. The molecule has 0 spiro atoms. The zero-order chi connectivity index (χ0) is 22.7. The van der Waals surface area contributed by atoms with Crippen molar-refractivity contribution in [3.63, 3.8) is 0 Å². The summed E-state index contributed by atoms with van der Waals surface area (Å²) >= 11 is 0. The zero-order valence-electron chi connectivity index (χ0n) is 17.7. The molecule has 1 amide bonds. The second-order valence-electron chi connectivity index (χ2n) is 7.96. The maximum Gasteiger partial charge on any atom is 0.573 e. The Kier molecular flexibility index (Phi) is 6.52. The lowest BCUT2D eigenvalue weighted by molar-refractivity contribution is -0.274. The molecule has 0 aliphatic carbocycles. The number of ether oxygens (including phenoxy) is 2. The van der Waals surface area contributed by atoms with Crippen LogP contribution in [0.2, 0.25) is 0 Å². The third-order valence-electron chi connectivity index (χ3n) is 5.62. The summed E-state index contributed by atoms with van der Waals surface area (Å²) in [6.45, 7) is 6.30. The number of nitrogens with zero attached hydrogens (tertiary/aromatic N) is 4. The van der Waals surface area contributed by atoms with Crippen LogP contribution in [0.3, 0.4) is 0 Å². The standard InChI is InChI=1S/C22H25F3N4O3/c1-16-13-29(18-2-4-19(5-3-18)32-22(23,24)25)15-28(16)14-17-6-7-26-20(12-17)21(30)27-8-10-31-11-9-27/h2-7,12,16H,8-11,13-15H2,1H3. The number of halogens is 3. The highest BCUT2D eigenvalue weighted by Gasteiger charge is 2.31. The van der Waals surface area contributed by atoms with Crippen LogP contribution < -0.4 is 9.64 Å². The van der Waals surface area contributed by atoms with E-state index in [1.54, 1.807) is 23.2 Å². The number of carbonyl (C=O) groups is 1. The first-order valence-electron chi connectivity index (χ1n) is 10.5. The smallest absolute Gasteiger partial charge is 0.406 e. The fourth-order valence-corrected chi connectivity index (χ4v) is 3.95. The molecule has 1 atom stereocenters. The van der Waals surface area contributed by atoms with Gasteiger partial charge in [-0.2, -0.15) is 0 Å². The van der Waals surface area contributed by atoms with Gasteiger partial charge in [0.05, 0.1) is 19.9 Å². The van der Waals surface area contributed by atoms with Gasteiger partial charge in [-0.05, 0) is 48.9 Å². The first-order valence-corrected chi connectivity index (χ1v) is 10.5. The van der Waals surface area contributed by atoms with E-state index in [1.807, 2.05) is 12.1 Å². The molecule has 0 bridgehead atoms. The minimum atomic E-state index is -4.70. The van der Waals surface area contributed by atoms with Crippen LogP contribution in [0.1, 0.15) is 23.0 Å². The molecule has 1 unspecified atom stereocenters. The number of aromatic nitrogens is 1. The molecule has 2 saturated heterocycles. The Morgan fingerprint density at radius 3 is 2.59 bits per heavy atom. The van der Waals surface area contributed by atoms with Crippen molar-refractivity contribution in [2.45, 2.75) is 25.9 Å². The monoisotopic (exact) mass is 450 g/mol. The average Bonchev–Trinajstić information content (AvgIpc) is 3.13. The van der Waals surface area contributed by atoms with Gasteiger partial charge in [0.15, 0.2) is 0 Å². The van der Waals surface area contributed by atoms with Gasteiger partial charge in [0.1, 0.15) is 11.4 Å². The molecule has 7 nitrogen and oxygen atoms in total. The molecule has 2 aliphatic heterocycles. The van der Waals surface area contributed by atoms with Crippen LogP contribution in [0.5, 0.6) is 5.75 Å². The predicted octanol–water partition coefficient (Wildman–Crippen LogP) is 3.12. The minimum absolute atomic E-state index is 0.0904. The Labute approximate surface area is 184 Å².